The second-order valence-corrected chi connectivity index (χ2v) is 6.65. The van der Waals surface area contributed by atoms with E-state index in [0.29, 0.717) is 17.0 Å². The second kappa shape index (κ2) is 5.50. The average molecular weight is 319 g/mol. The molecule has 0 N–H and O–H groups in total. The fourth-order valence-corrected chi connectivity index (χ4v) is 3.35. The summed E-state index contributed by atoms with van der Waals surface area (Å²) in [7, 11) is 2.00. The van der Waals surface area contributed by atoms with Crippen molar-refractivity contribution in [3.05, 3.63) is 29.2 Å². The van der Waals surface area contributed by atoms with Crippen LogP contribution in [0.3, 0.4) is 0 Å². The highest BCUT2D eigenvalue weighted by Crippen LogP contribution is 2.39. The molecule has 0 bridgehead atoms. The third-order valence-electron chi connectivity index (χ3n) is 4.50. The van der Waals surface area contributed by atoms with Crippen LogP contribution >= 0.6 is 11.6 Å². The molecule has 2 fully saturated rings. The summed E-state index contributed by atoms with van der Waals surface area (Å²) in [6.07, 6.45) is 6.39. The first kappa shape index (κ1) is 13.9. The van der Waals surface area contributed by atoms with Gasteiger partial charge in [0.05, 0.1) is 0 Å². The molecule has 2 aromatic heterocycles. The van der Waals surface area contributed by atoms with E-state index >= 15 is 0 Å². The third kappa shape index (κ3) is 2.67. The third-order valence-corrected chi connectivity index (χ3v) is 4.69. The van der Waals surface area contributed by atoms with Crippen LogP contribution in [0.15, 0.2) is 12.4 Å². The molecule has 0 amide bonds. The van der Waals surface area contributed by atoms with E-state index in [0.717, 1.165) is 43.4 Å². The molecular formula is C15H19ClN6. The number of halogens is 1. The van der Waals surface area contributed by atoms with E-state index in [2.05, 4.69) is 20.1 Å². The van der Waals surface area contributed by atoms with Gasteiger partial charge < -0.3 is 9.47 Å². The van der Waals surface area contributed by atoms with Gasteiger partial charge in [-0.15, -0.1) is 10.2 Å². The molecule has 2 aliphatic rings. The van der Waals surface area contributed by atoms with Gasteiger partial charge in [0.15, 0.2) is 0 Å². The van der Waals surface area contributed by atoms with E-state index in [1.54, 1.807) is 6.33 Å². The van der Waals surface area contributed by atoms with Crippen molar-refractivity contribution < 1.29 is 0 Å². The van der Waals surface area contributed by atoms with Crippen LogP contribution in [0.1, 0.15) is 49.2 Å². The Kier molecular flexibility index (Phi) is 3.48. The first-order valence-corrected chi connectivity index (χ1v) is 8.22. The maximum absolute atomic E-state index is 6.20. The summed E-state index contributed by atoms with van der Waals surface area (Å²) in [5.41, 5.74) is 0. The van der Waals surface area contributed by atoms with Crippen molar-refractivity contribution in [1.82, 2.24) is 24.7 Å². The minimum Gasteiger partial charge on any atom is -0.356 e. The lowest BCUT2D eigenvalue weighted by atomic mass is 9.97. The number of hydrogen-bond acceptors (Lipinski definition) is 5. The molecule has 0 aromatic carbocycles. The molecule has 116 valence electrons. The molecule has 0 spiro atoms. The lowest BCUT2D eigenvalue weighted by Crippen LogP contribution is -2.36. The molecule has 1 unspecified atom stereocenters. The Labute approximate surface area is 134 Å². The lowest BCUT2D eigenvalue weighted by molar-refractivity contribution is 0.477. The molecule has 1 saturated carbocycles. The molecule has 1 atom stereocenters. The molecule has 6 nitrogen and oxygen atoms in total. The number of piperidine rings is 1. The van der Waals surface area contributed by atoms with Gasteiger partial charge in [-0.25, -0.2) is 9.97 Å². The van der Waals surface area contributed by atoms with Crippen molar-refractivity contribution in [2.75, 3.05) is 18.0 Å². The molecule has 2 aromatic rings. The predicted molar refractivity (Wildman–Crippen MR) is 84.2 cm³/mol. The van der Waals surface area contributed by atoms with Crippen molar-refractivity contribution in [2.45, 2.75) is 37.5 Å². The molecule has 1 aliphatic carbocycles. The number of aryl methyl sites for hydroxylation is 1. The highest BCUT2D eigenvalue weighted by Gasteiger charge is 2.29. The number of hydrogen-bond donors (Lipinski definition) is 0. The Morgan fingerprint density at radius 2 is 2.05 bits per heavy atom. The lowest BCUT2D eigenvalue weighted by Gasteiger charge is -2.33. The topological polar surface area (TPSA) is 59.7 Å². The van der Waals surface area contributed by atoms with Gasteiger partial charge in [-0.1, -0.05) is 11.6 Å². The summed E-state index contributed by atoms with van der Waals surface area (Å²) in [5, 5.41) is 8.82. The Hall–Kier alpha value is -1.69. The average Bonchev–Trinajstić information content (AvgIpc) is 3.29. The zero-order chi connectivity index (χ0) is 15.1. The SMILES string of the molecule is Cn1cnnc1C1CCCN(c2cc(Cl)nc(C3CC3)n2)C1. The van der Waals surface area contributed by atoms with Gasteiger partial charge >= 0.3 is 0 Å². The quantitative estimate of drug-likeness (QED) is 0.814. The van der Waals surface area contributed by atoms with Crippen molar-refractivity contribution in [2.24, 2.45) is 7.05 Å². The Bertz CT molecular complexity index is 680. The van der Waals surface area contributed by atoms with Gasteiger partial charge in [-0.05, 0) is 25.7 Å². The van der Waals surface area contributed by atoms with Crippen LogP contribution in [0.5, 0.6) is 0 Å². The zero-order valence-electron chi connectivity index (χ0n) is 12.6. The van der Waals surface area contributed by atoms with Gasteiger partial charge in [0, 0.05) is 38.0 Å². The zero-order valence-corrected chi connectivity index (χ0v) is 13.4. The minimum absolute atomic E-state index is 0.388. The van der Waals surface area contributed by atoms with Crippen molar-refractivity contribution in [1.29, 1.82) is 0 Å². The summed E-state index contributed by atoms with van der Waals surface area (Å²) >= 11 is 6.20. The molecule has 7 heteroatoms. The summed E-state index contributed by atoms with van der Waals surface area (Å²) in [4.78, 5) is 11.4. The summed E-state index contributed by atoms with van der Waals surface area (Å²) in [6.45, 7) is 1.91. The van der Waals surface area contributed by atoms with E-state index in [1.165, 1.54) is 12.8 Å². The van der Waals surface area contributed by atoms with Gasteiger partial charge in [0.1, 0.15) is 28.9 Å². The molecule has 1 saturated heterocycles. The number of aromatic nitrogens is 5. The molecule has 3 heterocycles. The fraction of sp³-hybridized carbons (Fsp3) is 0.600. The van der Waals surface area contributed by atoms with E-state index in [1.807, 2.05) is 17.7 Å². The largest absolute Gasteiger partial charge is 0.356 e. The first-order chi connectivity index (χ1) is 10.7. The van der Waals surface area contributed by atoms with Crippen LogP contribution in [0.4, 0.5) is 5.82 Å². The van der Waals surface area contributed by atoms with Crippen molar-refractivity contribution in [3.8, 4) is 0 Å². The van der Waals surface area contributed by atoms with Crippen molar-refractivity contribution >= 4 is 17.4 Å². The smallest absolute Gasteiger partial charge is 0.137 e. The van der Waals surface area contributed by atoms with Crippen LogP contribution in [-0.2, 0) is 7.05 Å². The molecule has 1 aliphatic heterocycles. The first-order valence-electron chi connectivity index (χ1n) is 7.84. The van der Waals surface area contributed by atoms with Gasteiger partial charge in [-0.3, -0.25) is 0 Å². The minimum atomic E-state index is 0.388. The van der Waals surface area contributed by atoms with E-state index in [9.17, 15) is 0 Å². The summed E-state index contributed by atoms with van der Waals surface area (Å²) in [6, 6.07) is 1.88. The van der Waals surface area contributed by atoms with Crippen LogP contribution < -0.4 is 4.90 Å². The summed E-state index contributed by atoms with van der Waals surface area (Å²) < 4.78 is 2.01. The van der Waals surface area contributed by atoms with Gasteiger partial charge in [-0.2, -0.15) is 0 Å². The highest BCUT2D eigenvalue weighted by molar-refractivity contribution is 6.29. The molecule has 4 rings (SSSR count). The van der Waals surface area contributed by atoms with E-state index in [4.69, 9.17) is 16.6 Å². The van der Waals surface area contributed by atoms with E-state index in [-0.39, 0.29) is 0 Å². The predicted octanol–water partition coefficient (Wildman–Crippen LogP) is 2.52. The van der Waals surface area contributed by atoms with Gasteiger partial charge in [0.2, 0.25) is 0 Å². The second-order valence-electron chi connectivity index (χ2n) is 6.27. The Balaban J connectivity index is 1.58. The maximum Gasteiger partial charge on any atom is 0.137 e. The molecule has 0 radical (unpaired) electrons. The fourth-order valence-electron chi connectivity index (χ4n) is 3.17. The monoisotopic (exact) mass is 318 g/mol. The molecule has 22 heavy (non-hydrogen) atoms. The highest BCUT2D eigenvalue weighted by atomic mass is 35.5. The number of rotatable bonds is 3. The summed E-state index contributed by atoms with van der Waals surface area (Å²) in [5.74, 6) is 3.81. The Morgan fingerprint density at radius 3 is 2.77 bits per heavy atom. The van der Waals surface area contributed by atoms with Crippen LogP contribution in [0, 0.1) is 0 Å². The van der Waals surface area contributed by atoms with Gasteiger partial charge in [0.25, 0.3) is 0 Å². The standard InChI is InChI=1S/C15H19ClN6/c1-21-9-17-20-15(21)11-3-2-6-22(8-11)13-7-12(16)18-14(19-13)10-4-5-10/h7,9-11H,2-6,8H2,1H3. The normalized spacial score (nSPS) is 22.1. The van der Waals surface area contributed by atoms with Crippen LogP contribution in [0.2, 0.25) is 5.15 Å². The van der Waals surface area contributed by atoms with Crippen LogP contribution in [0.25, 0.3) is 0 Å². The number of nitrogens with zero attached hydrogens (tertiary/aromatic N) is 6. The molecular weight excluding hydrogens is 300 g/mol. The maximum atomic E-state index is 6.20. The number of anilines is 1. The van der Waals surface area contributed by atoms with Crippen LogP contribution in [-0.4, -0.2) is 37.8 Å². The van der Waals surface area contributed by atoms with E-state index < -0.39 is 0 Å². The Morgan fingerprint density at radius 1 is 1.18 bits per heavy atom. The van der Waals surface area contributed by atoms with Crippen molar-refractivity contribution in [3.63, 3.8) is 0 Å².